The van der Waals surface area contributed by atoms with E-state index in [4.69, 9.17) is 5.73 Å². The largest absolute Gasteiger partial charge is 0.370 e. The van der Waals surface area contributed by atoms with Gasteiger partial charge in [0, 0.05) is 38.6 Å². The van der Waals surface area contributed by atoms with Crippen molar-refractivity contribution >= 4 is 11.9 Å². The first kappa shape index (κ1) is 13.4. The number of anilines is 1. The second-order valence-corrected chi connectivity index (χ2v) is 4.11. The highest BCUT2D eigenvalue weighted by molar-refractivity contribution is 5.78. The molecular formula is C11H16F2N6. The van der Waals surface area contributed by atoms with Crippen molar-refractivity contribution < 1.29 is 8.78 Å². The van der Waals surface area contributed by atoms with Crippen molar-refractivity contribution in [2.24, 2.45) is 10.7 Å². The minimum atomic E-state index is -2.46. The summed E-state index contributed by atoms with van der Waals surface area (Å²) in [5, 5.41) is 0. The predicted octanol–water partition coefficient (Wildman–Crippen LogP) is 0.178. The average Bonchev–Trinajstić information content (AvgIpc) is 2.46. The van der Waals surface area contributed by atoms with Gasteiger partial charge in [-0.15, -0.1) is 0 Å². The Morgan fingerprint density at radius 2 is 1.89 bits per heavy atom. The molecule has 0 spiro atoms. The van der Waals surface area contributed by atoms with Crippen molar-refractivity contribution in [3.05, 3.63) is 18.5 Å². The zero-order valence-electron chi connectivity index (χ0n) is 10.4. The number of nitrogens with two attached hydrogens (primary N) is 1. The van der Waals surface area contributed by atoms with Crippen molar-refractivity contribution in [2.45, 2.75) is 6.43 Å². The molecule has 2 heterocycles. The van der Waals surface area contributed by atoms with Crippen LogP contribution in [0.3, 0.4) is 0 Å². The summed E-state index contributed by atoms with van der Waals surface area (Å²) in [5.41, 5.74) is 5.67. The molecule has 1 aromatic rings. The number of nitrogens with zero attached hydrogens (tertiary/aromatic N) is 5. The fourth-order valence-corrected chi connectivity index (χ4v) is 1.85. The predicted molar refractivity (Wildman–Crippen MR) is 68.3 cm³/mol. The van der Waals surface area contributed by atoms with Crippen molar-refractivity contribution in [3.8, 4) is 0 Å². The number of halogens is 2. The number of alkyl halides is 2. The highest BCUT2D eigenvalue weighted by atomic mass is 19.3. The van der Waals surface area contributed by atoms with Crippen molar-refractivity contribution in [1.29, 1.82) is 0 Å². The van der Waals surface area contributed by atoms with E-state index in [0.29, 0.717) is 32.1 Å². The van der Waals surface area contributed by atoms with Crippen LogP contribution in [0.2, 0.25) is 0 Å². The highest BCUT2D eigenvalue weighted by Gasteiger charge is 2.19. The molecule has 0 radical (unpaired) electrons. The van der Waals surface area contributed by atoms with E-state index in [-0.39, 0.29) is 5.96 Å². The molecule has 2 N–H and O–H groups in total. The monoisotopic (exact) mass is 270 g/mol. The van der Waals surface area contributed by atoms with E-state index in [0.717, 1.165) is 0 Å². The van der Waals surface area contributed by atoms with Gasteiger partial charge < -0.3 is 15.5 Å². The Labute approximate surface area is 110 Å². The van der Waals surface area contributed by atoms with E-state index in [2.05, 4.69) is 15.0 Å². The molecule has 0 aliphatic carbocycles. The molecule has 0 aromatic carbocycles. The normalized spacial score (nSPS) is 17.1. The Morgan fingerprint density at radius 3 is 2.47 bits per heavy atom. The van der Waals surface area contributed by atoms with Gasteiger partial charge in [0.15, 0.2) is 5.96 Å². The second kappa shape index (κ2) is 6.26. The van der Waals surface area contributed by atoms with Gasteiger partial charge >= 0.3 is 0 Å². The number of aromatic nitrogens is 2. The second-order valence-electron chi connectivity index (χ2n) is 4.11. The van der Waals surface area contributed by atoms with Crippen molar-refractivity contribution in [2.75, 3.05) is 37.6 Å². The van der Waals surface area contributed by atoms with Crippen LogP contribution < -0.4 is 10.6 Å². The minimum Gasteiger partial charge on any atom is -0.370 e. The Hall–Kier alpha value is -1.99. The lowest BCUT2D eigenvalue weighted by Crippen LogP contribution is -2.51. The van der Waals surface area contributed by atoms with Crippen LogP contribution in [0, 0.1) is 0 Å². The topological polar surface area (TPSA) is 70.6 Å². The Kier molecular flexibility index (Phi) is 4.43. The summed E-state index contributed by atoms with van der Waals surface area (Å²) in [6.07, 6.45) is 0.915. The van der Waals surface area contributed by atoms with Crippen LogP contribution in [0.25, 0.3) is 0 Å². The molecule has 1 saturated heterocycles. The van der Waals surface area contributed by atoms with E-state index in [1.165, 1.54) is 0 Å². The quantitative estimate of drug-likeness (QED) is 0.626. The maximum absolute atomic E-state index is 12.0. The lowest BCUT2D eigenvalue weighted by Gasteiger charge is -2.35. The number of piperazine rings is 1. The Balaban J connectivity index is 1.87. The first-order valence-electron chi connectivity index (χ1n) is 6.02. The van der Waals surface area contributed by atoms with Crippen LogP contribution in [-0.4, -0.2) is 60.0 Å². The maximum Gasteiger partial charge on any atom is 0.257 e. The first-order valence-corrected chi connectivity index (χ1v) is 6.02. The van der Waals surface area contributed by atoms with Gasteiger partial charge in [-0.25, -0.2) is 23.7 Å². The van der Waals surface area contributed by atoms with Crippen LogP contribution in [0.1, 0.15) is 0 Å². The van der Waals surface area contributed by atoms with Gasteiger partial charge in [-0.3, -0.25) is 0 Å². The molecule has 2 rings (SSSR count). The lowest BCUT2D eigenvalue weighted by atomic mass is 10.3. The summed E-state index contributed by atoms with van der Waals surface area (Å²) in [4.78, 5) is 15.8. The molecule has 0 bridgehead atoms. The summed E-state index contributed by atoms with van der Waals surface area (Å²) in [5.74, 6) is 0.846. The molecule has 1 fully saturated rings. The van der Waals surface area contributed by atoms with Gasteiger partial charge in [-0.1, -0.05) is 0 Å². The van der Waals surface area contributed by atoms with Gasteiger partial charge in [-0.2, -0.15) is 0 Å². The minimum absolute atomic E-state index is 0.175. The Bertz CT molecular complexity index is 416. The summed E-state index contributed by atoms with van der Waals surface area (Å²) < 4.78 is 24.1. The zero-order valence-corrected chi connectivity index (χ0v) is 10.4. The Morgan fingerprint density at radius 1 is 1.26 bits per heavy atom. The third-order valence-electron chi connectivity index (χ3n) is 2.83. The summed E-state index contributed by atoms with van der Waals surface area (Å²) >= 11 is 0. The molecule has 1 aromatic heterocycles. The molecule has 104 valence electrons. The van der Waals surface area contributed by atoms with Gasteiger partial charge in [0.2, 0.25) is 5.95 Å². The van der Waals surface area contributed by atoms with E-state index in [1.807, 2.05) is 4.90 Å². The fourth-order valence-electron chi connectivity index (χ4n) is 1.85. The first-order chi connectivity index (χ1) is 9.16. The molecular weight excluding hydrogens is 254 g/mol. The molecule has 0 saturated carbocycles. The van der Waals surface area contributed by atoms with E-state index >= 15 is 0 Å². The van der Waals surface area contributed by atoms with Crippen molar-refractivity contribution in [3.63, 3.8) is 0 Å². The molecule has 6 nitrogen and oxygen atoms in total. The molecule has 19 heavy (non-hydrogen) atoms. The highest BCUT2D eigenvalue weighted by Crippen LogP contribution is 2.09. The van der Waals surface area contributed by atoms with Crippen LogP contribution in [0.15, 0.2) is 23.5 Å². The molecule has 0 atom stereocenters. The van der Waals surface area contributed by atoms with Crippen LogP contribution in [-0.2, 0) is 0 Å². The fraction of sp³-hybridized carbons (Fsp3) is 0.545. The third kappa shape index (κ3) is 3.73. The summed E-state index contributed by atoms with van der Waals surface area (Å²) in [6.45, 7) is 2.07. The third-order valence-corrected chi connectivity index (χ3v) is 2.83. The van der Waals surface area contributed by atoms with Gasteiger partial charge in [0.1, 0.15) is 6.54 Å². The average molecular weight is 270 g/mol. The number of rotatable bonds is 3. The van der Waals surface area contributed by atoms with Gasteiger partial charge in [-0.05, 0) is 6.07 Å². The molecule has 0 amide bonds. The SMILES string of the molecule is NC(=NCC(F)F)N1CCN(c2ncccn2)CC1. The van der Waals surface area contributed by atoms with Crippen LogP contribution in [0.4, 0.5) is 14.7 Å². The van der Waals surface area contributed by atoms with Gasteiger partial charge in [0.05, 0.1) is 0 Å². The van der Waals surface area contributed by atoms with Crippen molar-refractivity contribution in [1.82, 2.24) is 14.9 Å². The maximum atomic E-state index is 12.0. The molecule has 0 unspecified atom stereocenters. The smallest absolute Gasteiger partial charge is 0.257 e. The van der Waals surface area contributed by atoms with Crippen LogP contribution in [0.5, 0.6) is 0 Å². The number of aliphatic imine (C=N–C) groups is 1. The molecule has 8 heteroatoms. The lowest BCUT2D eigenvalue weighted by molar-refractivity contribution is 0.158. The number of guanidine groups is 1. The number of hydrogen-bond acceptors (Lipinski definition) is 4. The standard InChI is InChI=1S/C11H16F2N6/c12-9(13)8-17-10(14)18-4-6-19(7-5-18)11-15-2-1-3-16-11/h1-3,9H,4-8H2,(H2,14,17). The van der Waals surface area contributed by atoms with E-state index in [1.54, 1.807) is 23.4 Å². The zero-order chi connectivity index (χ0) is 13.7. The summed E-state index contributed by atoms with van der Waals surface area (Å²) in [7, 11) is 0. The van der Waals surface area contributed by atoms with Crippen LogP contribution >= 0.6 is 0 Å². The summed E-state index contributed by atoms with van der Waals surface area (Å²) in [6, 6.07) is 1.76. The molecule has 1 aliphatic rings. The molecule has 1 aliphatic heterocycles. The van der Waals surface area contributed by atoms with E-state index in [9.17, 15) is 8.78 Å². The van der Waals surface area contributed by atoms with Gasteiger partial charge in [0.25, 0.3) is 6.43 Å². The number of hydrogen-bond donors (Lipinski definition) is 1. The van der Waals surface area contributed by atoms with E-state index < -0.39 is 13.0 Å².